The van der Waals surface area contributed by atoms with Crippen molar-refractivity contribution in [3.8, 4) is 23.0 Å². The van der Waals surface area contributed by atoms with Crippen molar-refractivity contribution in [3.05, 3.63) is 58.7 Å². The third kappa shape index (κ3) is 4.45. The van der Waals surface area contributed by atoms with Gasteiger partial charge in [0.2, 0.25) is 0 Å². The molecule has 10 nitrogen and oxygen atoms in total. The van der Waals surface area contributed by atoms with Crippen molar-refractivity contribution in [3.63, 3.8) is 0 Å². The predicted octanol–water partition coefficient (Wildman–Crippen LogP) is 6.55. The van der Waals surface area contributed by atoms with Crippen LogP contribution in [0.15, 0.2) is 36.4 Å². The number of fused-ring (bicyclic) bond motifs is 3. The second-order valence-corrected chi connectivity index (χ2v) is 23.7. The number of aromatic hydroxyl groups is 2. The van der Waals surface area contributed by atoms with E-state index in [2.05, 4.69) is 34.1 Å². The van der Waals surface area contributed by atoms with Gasteiger partial charge in [-0.05, 0) is 153 Å². The highest BCUT2D eigenvalue weighted by Crippen LogP contribution is 2.78. The molecule has 2 saturated heterocycles. The topological polar surface area (TPSA) is 124 Å². The smallest absolute Gasteiger partial charge is 0.165 e. The number of phenols is 2. The molecule has 0 aromatic heterocycles. The summed E-state index contributed by atoms with van der Waals surface area (Å²) in [6, 6.07) is 8.79. The first-order valence-electron chi connectivity index (χ1n) is 24.3. The number of benzene rings is 2. The van der Waals surface area contributed by atoms with Crippen LogP contribution in [0.1, 0.15) is 114 Å². The summed E-state index contributed by atoms with van der Waals surface area (Å²) in [4.78, 5) is 5.56. The van der Waals surface area contributed by atoms with Gasteiger partial charge in [0.15, 0.2) is 23.0 Å². The van der Waals surface area contributed by atoms with E-state index >= 15 is 0 Å². The van der Waals surface area contributed by atoms with Gasteiger partial charge in [0.05, 0.1) is 16.6 Å². The number of aliphatic hydroxyl groups is 2. The Labute approximate surface area is 366 Å². The van der Waals surface area contributed by atoms with E-state index in [1.165, 1.54) is 61.0 Å². The second kappa shape index (κ2) is 12.1. The summed E-state index contributed by atoms with van der Waals surface area (Å²) in [5.74, 6) is 3.53. The van der Waals surface area contributed by atoms with Crippen LogP contribution in [0.4, 0.5) is 0 Å². The molecule has 10 aliphatic carbocycles. The minimum absolute atomic E-state index is 0.0123. The first-order chi connectivity index (χ1) is 29.5. The summed E-state index contributed by atoms with van der Waals surface area (Å²) >= 11 is 0. The van der Waals surface area contributed by atoms with Gasteiger partial charge < -0.3 is 39.4 Å². The van der Waals surface area contributed by atoms with Gasteiger partial charge in [-0.3, -0.25) is 9.80 Å². The number of ether oxygens (including phenoxy) is 4. The number of nitrogens with zero attached hydrogens (tertiary/aromatic N) is 2. The Balaban J connectivity index is 0.000000126. The first kappa shape index (κ1) is 39.5. The molecule has 0 amide bonds. The van der Waals surface area contributed by atoms with Crippen LogP contribution in [-0.2, 0) is 33.1 Å². The van der Waals surface area contributed by atoms with Crippen LogP contribution in [0, 0.1) is 34.5 Å². The van der Waals surface area contributed by atoms with Crippen LogP contribution >= 0.6 is 0 Å². The maximum absolute atomic E-state index is 11.4. The molecule has 6 saturated carbocycles. The second-order valence-electron chi connectivity index (χ2n) is 23.7. The molecule has 4 spiro atoms. The van der Waals surface area contributed by atoms with Crippen LogP contribution in [0.5, 0.6) is 23.0 Å². The molecule has 2 aromatic carbocycles. The van der Waals surface area contributed by atoms with Gasteiger partial charge in [-0.2, -0.15) is 0 Å². The molecule has 10 heteroatoms. The summed E-state index contributed by atoms with van der Waals surface area (Å²) in [5, 5.41) is 44.3. The molecule has 14 aliphatic rings. The number of hydrogen-bond acceptors (Lipinski definition) is 10. The van der Waals surface area contributed by atoms with Crippen molar-refractivity contribution in [1.82, 2.24) is 9.80 Å². The predicted molar refractivity (Wildman–Crippen MR) is 233 cm³/mol. The highest BCUT2D eigenvalue weighted by molar-refractivity contribution is 5.66. The van der Waals surface area contributed by atoms with Gasteiger partial charge >= 0.3 is 0 Å². The van der Waals surface area contributed by atoms with Crippen molar-refractivity contribution >= 4 is 0 Å². The van der Waals surface area contributed by atoms with Crippen molar-refractivity contribution in [2.75, 3.05) is 40.4 Å². The van der Waals surface area contributed by atoms with Crippen LogP contribution in [0.3, 0.4) is 0 Å². The van der Waals surface area contributed by atoms with Gasteiger partial charge in [-0.1, -0.05) is 24.3 Å². The molecule has 62 heavy (non-hydrogen) atoms. The Bertz CT molecular complexity index is 2280. The standard InChI is InChI=1S/C26H35NO4.C26H33NO4/c2*1-23(2,29)18-13-24-8-9-26(18,30-3)22-25(24)10-11-27(14-15-4-5-15)19(24)12-16-6-7-17(28)21(31-22)20(16)25/h6-7,15,18-19,22,28-29H,4-5,8-14H2,1-3H3;6-9,15,18-19,22,28-29H,4-5,10-14H2,1-3H3/t2*18-,19-,22-,24-,25+,26-/m11/s1. The third-order valence-electron chi connectivity index (χ3n) is 20.5. The van der Waals surface area contributed by atoms with E-state index in [0.29, 0.717) is 23.6 Å². The van der Waals surface area contributed by atoms with E-state index in [1.54, 1.807) is 7.11 Å². The summed E-state index contributed by atoms with van der Waals surface area (Å²) in [7, 11) is 3.57. The van der Waals surface area contributed by atoms with Crippen LogP contribution in [-0.4, -0.2) is 117 Å². The molecule has 0 unspecified atom stereocenters. The summed E-state index contributed by atoms with van der Waals surface area (Å²) in [6.07, 6.45) is 17.8. The molecular weight excluding hydrogens is 781 g/mol. The largest absolute Gasteiger partial charge is 0.504 e. The molecule has 0 radical (unpaired) electrons. The van der Waals surface area contributed by atoms with E-state index in [0.717, 1.165) is 76.3 Å². The number of hydrogen-bond donors (Lipinski definition) is 4. The summed E-state index contributed by atoms with van der Waals surface area (Å²) in [5.41, 5.74) is 1.89. The first-order valence-corrected chi connectivity index (χ1v) is 24.3. The van der Waals surface area contributed by atoms with E-state index in [-0.39, 0.29) is 57.2 Å². The van der Waals surface area contributed by atoms with E-state index in [4.69, 9.17) is 18.9 Å². The van der Waals surface area contributed by atoms with Crippen molar-refractivity contribution in [2.24, 2.45) is 34.5 Å². The van der Waals surface area contributed by atoms with Crippen molar-refractivity contribution in [1.29, 1.82) is 0 Å². The molecule has 334 valence electrons. The SMILES string of the molecule is CO[C@]12C=C[C@@]3(C[C@@H]1C(C)(C)O)[C@H]1Cc4ccc(O)c5c4[C@@]3(CCN1CC1CC1)[C@H]2O5.CO[C@]12CC[C@@]3(C[C@@H]1C(C)(C)O)[C@H]1Cc4ccc(O)c5c4[C@@]3(CCN1CC1CC1)[C@H]2O5. The Kier molecular flexibility index (Phi) is 7.72. The molecule has 4 aliphatic heterocycles. The maximum atomic E-state index is 11.4. The maximum Gasteiger partial charge on any atom is 0.165 e. The van der Waals surface area contributed by atoms with Crippen molar-refractivity contribution < 1.29 is 39.4 Å². The Morgan fingerprint density at radius 2 is 1.23 bits per heavy atom. The lowest BCUT2D eigenvalue weighted by Gasteiger charge is -2.75. The fourth-order valence-corrected chi connectivity index (χ4v) is 17.8. The molecule has 8 bridgehead atoms. The van der Waals surface area contributed by atoms with Gasteiger partial charge in [0.25, 0.3) is 0 Å². The number of likely N-dealkylation sites (tertiary alicyclic amines) is 2. The minimum Gasteiger partial charge on any atom is -0.504 e. The summed E-state index contributed by atoms with van der Waals surface area (Å²) < 4.78 is 26.2. The monoisotopic (exact) mass is 848 g/mol. The molecule has 12 atom stereocenters. The molecule has 4 N–H and O–H groups in total. The third-order valence-corrected chi connectivity index (χ3v) is 20.5. The molecule has 8 fully saturated rings. The lowest BCUT2D eigenvalue weighted by Crippen LogP contribution is -2.82. The Hall–Kier alpha value is -2.86. The number of phenolic OH excluding ortho intramolecular Hbond substituents is 2. The van der Waals surface area contributed by atoms with Gasteiger partial charge in [0.1, 0.15) is 23.4 Å². The average molecular weight is 849 g/mol. The zero-order chi connectivity index (χ0) is 42.8. The van der Waals surface area contributed by atoms with Gasteiger partial charge in [-0.15, -0.1) is 0 Å². The highest BCUT2D eigenvalue weighted by Gasteiger charge is 2.83. The number of methoxy groups -OCH3 is 2. The lowest BCUT2D eigenvalue weighted by atomic mass is 9.34. The minimum atomic E-state index is -0.897. The normalized spacial score (nSPS) is 44.6. The molecular formula is C52H68N2O8. The van der Waals surface area contributed by atoms with Crippen LogP contribution < -0.4 is 9.47 Å². The lowest BCUT2D eigenvalue weighted by molar-refractivity contribution is -0.300. The van der Waals surface area contributed by atoms with Crippen LogP contribution in [0.25, 0.3) is 0 Å². The zero-order valence-corrected chi connectivity index (χ0v) is 37.7. The van der Waals surface area contributed by atoms with E-state index < -0.39 is 22.4 Å². The average Bonchev–Trinajstić information content (AvgIpc) is 4.17. The van der Waals surface area contributed by atoms with Crippen molar-refractivity contribution in [2.45, 2.75) is 162 Å². The van der Waals surface area contributed by atoms with E-state index in [9.17, 15) is 20.4 Å². The Morgan fingerprint density at radius 1 is 0.661 bits per heavy atom. The van der Waals surface area contributed by atoms with Crippen LogP contribution in [0.2, 0.25) is 0 Å². The number of piperidine rings is 2. The molecule has 2 aromatic rings. The zero-order valence-electron chi connectivity index (χ0n) is 37.7. The van der Waals surface area contributed by atoms with Gasteiger partial charge in [0, 0.05) is 78.6 Å². The highest BCUT2D eigenvalue weighted by atomic mass is 16.6. The fourth-order valence-electron chi connectivity index (χ4n) is 17.8. The molecule has 16 rings (SSSR count). The fraction of sp³-hybridized carbons (Fsp3) is 0.731. The van der Waals surface area contributed by atoms with Gasteiger partial charge in [-0.25, -0.2) is 0 Å². The van der Waals surface area contributed by atoms with E-state index in [1.807, 2.05) is 46.9 Å². The number of rotatable bonds is 8. The quantitative estimate of drug-likeness (QED) is 0.218. The Morgan fingerprint density at radius 3 is 1.81 bits per heavy atom. The summed E-state index contributed by atoms with van der Waals surface area (Å²) in [6.45, 7) is 12.3. The molecule has 4 heterocycles.